The Hall–Kier alpha value is -4.04. The summed E-state index contributed by atoms with van der Waals surface area (Å²) in [5.41, 5.74) is 1.07. The Kier molecular flexibility index (Phi) is 15.9. The number of hydrogen-bond donors (Lipinski definition) is 4. The number of nitrogens with one attached hydrogen (secondary N) is 3. The number of rotatable bonds is 17. The zero-order chi connectivity index (χ0) is 37.8. The van der Waals surface area contributed by atoms with Crippen LogP contribution in [-0.4, -0.2) is 102 Å². The highest BCUT2D eigenvalue weighted by Gasteiger charge is 2.37. The van der Waals surface area contributed by atoms with E-state index in [9.17, 15) is 29.1 Å². The molecular formula is C37H56N6O7S. The molecule has 14 heteroatoms. The largest absolute Gasteiger partial charge is 0.481 e. The van der Waals surface area contributed by atoms with Crippen molar-refractivity contribution < 1.29 is 33.8 Å². The molecular weight excluding hydrogens is 673 g/mol. The molecule has 0 aliphatic carbocycles. The van der Waals surface area contributed by atoms with Gasteiger partial charge in [-0.25, -0.2) is 9.78 Å². The Morgan fingerprint density at radius 3 is 2.29 bits per heavy atom. The molecule has 6 atom stereocenters. The maximum absolute atomic E-state index is 14.0. The maximum Gasteiger partial charge on any atom is 0.407 e. The number of amides is 4. The lowest BCUT2D eigenvalue weighted by atomic mass is 9.94. The summed E-state index contributed by atoms with van der Waals surface area (Å²) in [4.78, 5) is 73.3. The van der Waals surface area contributed by atoms with E-state index in [0.717, 1.165) is 42.7 Å². The molecule has 1 aliphatic heterocycles. The van der Waals surface area contributed by atoms with Crippen LogP contribution in [0.25, 0.3) is 0 Å². The summed E-state index contributed by atoms with van der Waals surface area (Å²) in [5.74, 6) is -2.74. The molecule has 1 saturated heterocycles. The second-order valence-corrected chi connectivity index (χ2v) is 15.2. The van der Waals surface area contributed by atoms with E-state index in [0.29, 0.717) is 11.4 Å². The van der Waals surface area contributed by atoms with Crippen LogP contribution in [0.1, 0.15) is 93.9 Å². The van der Waals surface area contributed by atoms with Crippen LogP contribution in [0.4, 0.5) is 4.79 Å². The van der Waals surface area contributed by atoms with Gasteiger partial charge in [0.1, 0.15) is 16.7 Å². The number of carboxylic acid groups (broad SMARTS) is 1. The Labute approximate surface area is 305 Å². The molecule has 1 aromatic carbocycles. The summed E-state index contributed by atoms with van der Waals surface area (Å²) < 4.78 is 5.78. The standard InChI is InChI=1S/C37H56N6O7S/c1-22(2)29(43(8)35(46)31(23(3)4)41-33(45)28-16-12-13-17-42(28)7)20-30(50-37(49)38-6)34-40-27(21-51-34)32(44)39-26(18-24(5)36(47)48)19-25-14-10-9-11-15-25/h9-11,14-15,21-24,26,28-31H,12-13,16-20H2,1-8H3,(H,38,49)(H,39,44)(H,41,45)(H,47,48)/t24-,26+,28+,29+,30+,31-/m0/s1. The van der Waals surface area contributed by atoms with Crippen molar-refractivity contribution >= 4 is 41.1 Å². The zero-order valence-electron chi connectivity index (χ0n) is 31.2. The van der Waals surface area contributed by atoms with E-state index in [1.165, 1.54) is 7.05 Å². The number of nitrogens with zero attached hydrogens (tertiary/aromatic N) is 3. The average molecular weight is 729 g/mol. The highest BCUT2D eigenvalue weighted by Crippen LogP contribution is 2.31. The highest BCUT2D eigenvalue weighted by atomic mass is 32.1. The van der Waals surface area contributed by atoms with Crippen LogP contribution in [0.2, 0.25) is 0 Å². The van der Waals surface area contributed by atoms with Crippen molar-refractivity contribution in [2.24, 2.45) is 17.8 Å². The maximum atomic E-state index is 14.0. The van der Waals surface area contributed by atoms with Gasteiger partial charge in [0.05, 0.1) is 12.0 Å². The van der Waals surface area contributed by atoms with Gasteiger partial charge in [0, 0.05) is 38.0 Å². The first-order chi connectivity index (χ1) is 24.1. The molecule has 51 heavy (non-hydrogen) atoms. The molecule has 13 nitrogen and oxygen atoms in total. The molecule has 4 N–H and O–H groups in total. The summed E-state index contributed by atoms with van der Waals surface area (Å²) >= 11 is 1.16. The summed E-state index contributed by atoms with van der Waals surface area (Å²) in [7, 11) is 5.07. The van der Waals surface area contributed by atoms with Gasteiger partial charge in [-0.05, 0) is 56.7 Å². The minimum Gasteiger partial charge on any atom is -0.481 e. The van der Waals surface area contributed by atoms with Crippen molar-refractivity contribution in [3.8, 4) is 0 Å². The first-order valence-corrected chi connectivity index (χ1v) is 18.7. The van der Waals surface area contributed by atoms with E-state index >= 15 is 0 Å². The van der Waals surface area contributed by atoms with Crippen molar-refractivity contribution in [1.82, 2.24) is 30.7 Å². The Morgan fingerprint density at radius 2 is 1.71 bits per heavy atom. The van der Waals surface area contributed by atoms with Crippen LogP contribution in [0.3, 0.4) is 0 Å². The van der Waals surface area contributed by atoms with Crippen molar-refractivity contribution in [2.45, 2.75) is 103 Å². The molecule has 1 aromatic heterocycles. The van der Waals surface area contributed by atoms with Gasteiger partial charge in [-0.3, -0.25) is 24.1 Å². The third-order valence-corrected chi connectivity index (χ3v) is 10.5. The number of aliphatic carboxylic acids is 1. The van der Waals surface area contributed by atoms with Gasteiger partial charge >= 0.3 is 12.1 Å². The average Bonchev–Trinajstić information content (AvgIpc) is 3.59. The van der Waals surface area contributed by atoms with E-state index in [2.05, 4.69) is 20.9 Å². The number of carbonyl (C=O) groups excluding carboxylic acids is 4. The molecule has 2 aromatic rings. The number of thiazole rings is 1. The molecule has 282 valence electrons. The van der Waals surface area contributed by atoms with Crippen molar-refractivity contribution in [3.63, 3.8) is 0 Å². The number of carboxylic acids is 1. The van der Waals surface area contributed by atoms with Gasteiger partial charge in [-0.1, -0.05) is 71.4 Å². The van der Waals surface area contributed by atoms with Gasteiger partial charge in [-0.2, -0.15) is 0 Å². The summed E-state index contributed by atoms with van der Waals surface area (Å²) in [6.07, 6.45) is 2.02. The molecule has 1 aliphatic rings. The molecule has 1 fully saturated rings. The number of hydrogen-bond acceptors (Lipinski definition) is 9. The predicted octanol–water partition coefficient (Wildman–Crippen LogP) is 4.49. The third-order valence-electron chi connectivity index (χ3n) is 9.58. The minimum absolute atomic E-state index is 0.0690. The number of likely N-dealkylation sites (N-methyl/N-ethyl adjacent to an activating group) is 2. The quantitative estimate of drug-likeness (QED) is 0.183. The van der Waals surface area contributed by atoms with E-state index in [4.69, 9.17) is 4.74 Å². The molecule has 4 amide bonds. The summed E-state index contributed by atoms with van der Waals surface area (Å²) in [5, 5.41) is 20.0. The van der Waals surface area contributed by atoms with Gasteiger partial charge in [-0.15, -0.1) is 11.3 Å². The van der Waals surface area contributed by atoms with Crippen LogP contribution >= 0.6 is 11.3 Å². The SMILES string of the molecule is CNC(=O)O[C@H](C[C@H](C(C)C)N(C)C(=O)[C@@H](NC(=O)[C@H]1CCCCN1C)C(C)C)c1nc(C(=O)N[C@@H](Cc2ccccc2)C[C@H](C)C(=O)O)cs1. The first-order valence-electron chi connectivity index (χ1n) is 17.8. The van der Waals surface area contributed by atoms with Gasteiger partial charge < -0.3 is 30.7 Å². The topological polar surface area (TPSA) is 170 Å². The van der Waals surface area contributed by atoms with E-state index in [1.54, 1.807) is 24.3 Å². The summed E-state index contributed by atoms with van der Waals surface area (Å²) in [6, 6.07) is 7.59. The van der Waals surface area contributed by atoms with Gasteiger partial charge in [0.2, 0.25) is 11.8 Å². The van der Waals surface area contributed by atoms with Crippen molar-refractivity contribution in [2.75, 3.05) is 27.7 Å². The zero-order valence-corrected chi connectivity index (χ0v) is 32.0. The van der Waals surface area contributed by atoms with Crippen molar-refractivity contribution in [3.05, 3.63) is 52.0 Å². The number of likely N-dealkylation sites (tertiary alicyclic amines) is 1. The van der Waals surface area contributed by atoms with Crippen molar-refractivity contribution in [1.29, 1.82) is 0 Å². The van der Waals surface area contributed by atoms with Gasteiger partial charge in [0.15, 0.2) is 6.10 Å². The molecule has 0 unspecified atom stereocenters. The summed E-state index contributed by atoms with van der Waals surface area (Å²) in [6.45, 7) is 10.2. The Morgan fingerprint density at radius 1 is 1.02 bits per heavy atom. The number of piperidine rings is 1. The normalized spacial score (nSPS) is 17.9. The van der Waals surface area contributed by atoms with E-state index in [-0.39, 0.29) is 48.2 Å². The van der Waals surface area contributed by atoms with Crippen LogP contribution < -0.4 is 16.0 Å². The fourth-order valence-electron chi connectivity index (χ4n) is 6.46. The monoisotopic (exact) mass is 728 g/mol. The lowest BCUT2D eigenvalue weighted by molar-refractivity contribution is -0.141. The van der Waals surface area contributed by atoms with Gasteiger partial charge in [0.25, 0.3) is 5.91 Å². The van der Waals surface area contributed by atoms with E-state index < -0.39 is 48.1 Å². The minimum atomic E-state index is -0.950. The molecule has 0 saturated carbocycles. The second-order valence-electron chi connectivity index (χ2n) is 14.3. The van der Waals surface area contributed by atoms with Crippen LogP contribution in [0.15, 0.2) is 35.7 Å². The van der Waals surface area contributed by atoms with Crippen LogP contribution in [-0.2, 0) is 25.5 Å². The fourth-order valence-corrected chi connectivity index (χ4v) is 7.29. The lowest BCUT2D eigenvalue weighted by Crippen LogP contribution is -2.57. The number of alkyl carbamates (subject to hydrolysis) is 1. The Balaban J connectivity index is 1.81. The third kappa shape index (κ3) is 12.0. The molecule has 0 radical (unpaired) electrons. The number of ether oxygens (including phenoxy) is 1. The smallest absolute Gasteiger partial charge is 0.407 e. The second kappa shape index (κ2) is 19.5. The highest BCUT2D eigenvalue weighted by molar-refractivity contribution is 7.09. The number of aromatic nitrogens is 1. The molecule has 0 spiro atoms. The Bertz CT molecular complexity index is 1470. The van der Waals surface area contributed by atoms with E-state index in [1.807, 2.05) is 70.0 Å². The molecule has 0 bridgehead atoms. The lowest BCUT2D eigenvalue weighted by Gasteiger charge is -2.37. The number of carbonyl (C=O) groups is 5. The van der Waals surface area contributed by atoms with Crippen LogP contribution in [0.5, 0.6) is 0 Å². The predicted molar refractivity (Wildman–Crippen MR) is 196 cm³/mol. The fraction of sp³-hybridized carbons (Fsp3) is 0.622. The van der Waals surface area contributed by atoms with Crippen LogP contribution in [0, 0.1) is 17.8 Å². The molecule has 3 rings (SSSR count). The molecule has 2 heterocycles. The first kappa shape index (κ1) is 41.4. The number of benzene rings is 1.